The quantitative estimate of drug-likeness (QED) is 0.152. The lowest BCUT2D eigenvalue weighted by molar-refractivity contribution is 1.07. The molecule has 4 aromatic heterocycles. The van der Waals surface area contributed by atoms with Gasteiger partial charge < -0.3 is 13.7 Å². The van der Waals surface area contributed by atoms with Gasteiger partial charge in [0.05, 0.1) is 38.8 Å². The summed E-state index contributed by atoms with van der Waals surface area (Å²) >= 11 is 0. The minimum atomic E-state index is 0.586. The van der Waals surface area contributed by atoms with Crippen LogP contribution in [0.15, 0.2) is 261 Å². The Kier molecular flexibility index (Phi) is 10.0. The van der Waals surface area contributed by atoms with Gasteiger partial charge in [0, 0.05) is 71.5 Å². The predicted octanol–water partition coefficient (Wildman–Crippen LogP) is 17.8. The van der Waals surface area contributed by atoms with E-state index in [0.29, 0.717) is 17.5 Å². The fraction of sp³-hybridized carbons (Fsp3) is 0.0143. The van der Waals surface area contributed by atoms with Crippen LogP contribution in [0, 0.1) is 6.92 Å². The van der Waals surface area contributed by atoms with Crippen molar-refractivity contribution in [2.24, 2.45) is 0 Å². The van der Waals surface area contributed by atoms with Crippen molar-refractivity contribution in [1.82, 2.24) is 28.7 Å². The summed E-state index contributed by atoms with van der Waals surface area (Å²) < 4.78 is 7.25. The summed E-state index contributed by atoms with van der Waals surface area (Å²) in [6.45, 7) is 2.18. The lowest BCUT2D eigenvalue weighted by Crippen LogP contribution is -2.04. The molecule has 0 spiro atoms. The summed E-state index contributed by atoms with van der Waals surface area (Å²) in [5.74, 6) is 1.81. The fourth-order valence-electron chi connectivity index (χ4n) is 11.7. The summed E-state index contributed by atoms with van der Waals surface area (Å²) in [4.78, 5) is 15.8. The first-order valence-electron chi connectivity index (χ1n) is 25.8. The highest BCUT2D eigenvalue weighted by atomic mass is 15.0. The monoisotopic (exact) mass is 970 g/mol. The first-order chi connectivity index (χ1) is 37.6. The lowest BCUT2D eigenvalue weighted by atomic mass is 9.92. The number of nitrogens with zero attached hydrogens (tertiary/aromatic N) is 6. The van der Waals surface area contributed by atoms with Crippen LogP contribution in [0.2, 0.25) is 0 Å². The SMILES string of the molecule is Cc1ccc2c(c1)c1ccccc1n2-c1c(-c2ccc(-n3c4ccccc4c4ccccc43)cc2)cc(-c2nc(-c3ccccc3)nc(-c3ccccc3)n2)cc1-c1ccc(-n2c3ccccc3c3ccccc32)cc1. The topological polar surface area (TPSA) is 53.5 Å². The molecule has 0 amide bonds. The van der Waals surface area contributed by atoms with E-state index in [1.165, 1.54) is 59.9 Å². The first kappa shape index (κ1) is 43.4. The molecule has 0 bridgehead atoms. The van der Waals surface area contributed by atoms with Crippen molar-refractivity contribution in [2.75, 3.05) is 0 Å². The van der Waals surface area contributed by atoms with Crippen LogP contribution in [0.1, 0.15) is 5.56 Å². The van der Waals surface area contributed by atoms with Gasteiger partial charge in [-0.3, -0.25) is 0 Å². The van der Waals surface area contributed by atoms with Crippen molar-refractivity contribution in [3.05, 3.63) is 266 Å². The molecule has 0 fully saturated rings. The molecule has 0 atom stereocenters. The molecule has 0 aliphatic rings. The van der Waals surface area contributed by atoms with Crippen molar-refractivity contribution >= 4 is 65.4 Å². The summed E-state index contributed by atoms with van der Waals surface area (Å²) in [5, 5.41) is 7.33. The molecule has 0 saturated heterocycles. The molecule has 356 valence electrons. The maximum Gasteiger partial charge on any atom is 0.164 e. The molecule has 0 N–H and O–H groups in total. The highest BCUT2D eigenvalue weighted by molar-refractivity contribution is 6.12. The third-order valence-electron chi connectivity index (χ3n) is 15.2. The van der Waals surface area contributed by atoms with Crippen molar-refractivity contribution in [2.45, 2.75) is 6.92 Å². The van der Waals surface area contributed by atoms with Crippen molar-refractivity contribution in [3.8, 4) is 73.5 Å². The smallest absolute Gasteiger partial charge is 0.164 e. The van der Waals surface area contributed by atoms with Gasteiger partial charge >= 0.3 is 0 Å². The Hall–Kier alpha value is -10.2. The van der Waals surface area contributed by atoms with Gasteiger partial charge in [-0.05, 0) is 96.9 Å². The van der Waals surface area contributed by atoms with Gasteiger partial charge in [-0.15, -0.1) is 0 Å². The highest BCUT2D eigenvalue weighted by Gasteiger charge is 2.24. The molecule has 11 aromatic carbocycles. The van der Waals surface area contributed by atoms with Crippen LogP contribution >= 0.6 is 0 Å². The maximum absolute atomic E-state index is 5.35. The summed E-state index contributed by atoms with van der Waals surface area (Å²) in [5.41, 5.74) is 18.3. The third kappa shape index (κ3) is 6.99. The van der Waals surface area contributed by atoms with Crippen LogP contribution in [0.4, 0.5) is 0 Å². The summed E-state index contributed by atoms with van der Waals surface area (Å²) in [6, 6.07) is 93.7. The average Bonchev–Trinajstić information content (AvgIpc) is 4.16. The molecule has 15 aromatic rings. The average molecular weight is 971 g/mol. The Morgan fingerprint density at radius 1 is 0.250 bits per heavy atom. The molecule has 6 heteroatoms. The zero-order valence-electron chi connectivity index (χ0n) is 41.5. The highest BCUT2D eigenvalue weighted by Crippen LogP contribution is 2.45. The second-order valence-corrected chi connectivity index (χ2v) is 19.7. The lowest BCUT2D eigenvalue weighted by Gasteiger charge is -2.21. The van der Waals surface area contributed by atoms with Crippen LogP contribution in [-0.4, -0.2) is 28.7 Å². The van der Waals surface area contributed by atoms with Crippen molar-refractivity contribution in [1.29, 1.82) is 0 Å². The Morgan fingerprint density at radius 3 is 0.987 bits per heavy atom. The standard InChI is InChI=1S/C70H46N6/c1-45-32-41-66-60(42-45)57-26-12-17-31-65(57)76(66)67-58(46-33-37-51(38-34-46)74-61-27-13-8-22-53(61)54-23-9-14-28-62(54)74)43-50(70-72-68(48-18-4-2-5-19-48)71-69(73-70)49-20-6-3-7-21-49)44-59(67)47-35-39-52(40-36-47)75-63-29-15-10-24-55(63)56-25-11-16-30-64(56)75/h2-44H,1H3. The molecule has 0 unspecified atom stereocenters. The molecular weight excluding hydrogens is 925 g/mol. The molecular formula is C70H46N6. The molecule has 15 rings (SSSR count). The van der Waals surface area contributed by atoms with E-state index in [1.807, 2.05) is 36.4 Å². The van der Waals surface area contributed by atoms with Crippen molar-refractivity contribution in [3.63, 3.8) is 0 Å². The Labute approximate surface area is 438 Å². The number of benzene rings is 11. The number of fused-ring (bicyclic) bond motifs is 9. The normalized spacial score (nSPS) is 11.8. The number of para-hydroxylation sites is 5. The van der Waals surface area contributed by atoms with Crippen LogP contribution < -0.4 is 0 Å². The van der Waals surface area contributed by atoms with Crippen molar-refractivity contribution < 1.29 is 0 Å². The Balaban J connectivity index is 1.03. The second kappa shape index (κ2) is 17.5. The molecule has 0 saturated carbocycles. The fourth-order valence-corrected chi connectivity index (χ4v) is 11.7. The number of rotatable bonds is 8. The zero-order valence-corrected chi connectivity index (χ0v) is 41.5. The zero-order chi connectivity index (χ0) is 50.3. The molecule has 76 heavy (non-hydrogen) atoms. The molecule has 6 nitrogen and oxygen atoms in total. The van der Waals surface area contributed by atoms with Crippen LogP contribution in [-0.2, 0) is 0 Å². The second-order valence-electron chi connectivity index (χ2n) is 19.7. The minimum Gasteiger partial charge on any atom is -0.309 e. The number of hydrogen-bond donors (Lipinski definition) is 0. The predicted molar refractivity (Wildman–Crippen MR) is 315 cm³/mol. The number of aromatic nitrogens is 6. The summed E-state index contributed by atoms with van der Waals surface area (Å²) in [7, 11) is 0. The molecule has 0 radical (unpaired) electrons. The van der Waals surface area contributed by atoms with Gasteiger partial charge in [0.25, 0.3) is 0 Å². The van der Waals surface area contributed by atoms with Crippen LogP contribution in [0.5, 0.6) is 0 Å². The summed E-state index contributed by atoms with van der Waals surface area (Å²) in [6.07, 6.45) is 0. The minimum absolute atomic E-state index is 0.586. The van der Waals surface area contributed by atoms with Crippen LogP contribution in [0.3, 0.4) is 0 Å². The van der Waals surface area contributed by atoms with Gasteiger partial charge in [0.1, 0.15) is 0 Å². The molecule has 0 aliphatic carbocycles. The van der Waals surface area contributed by atoms with E-state index in [9.17, 15) is 0 Å². The van der Waals surface area contributed by atoms with Crippen LogP contribution in [0.25, 0.3) is 139 Å². The molecule has 0 aliphatic heterocycles. The van der Waals surface area contributed by atoms with E-state index in [2.05, 4.69) is 245 Å². The van der Waals surface area contributed by atoms with E-state index in [-0.39, 0.29) is 0 Å². The van der Waals surface area contributed by atoms with Gasteiger partial charge in [0.2, 0.25) is 0 Å². The van der Waals surface area contributed by atoms with Gasteiger partial charge in [-0.25, -0.2) is 15.0 Å². The first-order valence-corrected chi connectivity index (χ1v) is 25.8. The Bertz CT molecular complexity index is 4390. The van der Waals surface area contributed by atoms with E-state index in [4.69, 9.17) is 15.0 Å². The number of aryl methyl sites for hydroxylation is 1. The number of hydrogen-bond acceptors (Lipinski definition) is 3. The Morgan fingerprint density at radius 2 is 0.579 bits per heavy atom. The van der Waals surface area contributed by atoms with Gasteiger partial charge in [-0.1, -0.05) is 188 Å². The van der Waals surface area contributed by atoms with E-state index < -0.39 is 0 Å². The largest absolute Gasteiger partial charge is 0.309 e. The molecule has 4 heterocycles. The maximum atomic E-state index is 5.35. The van der Waals surface area contributed by atoms with E-state index in [1.54, 1.807) is 0 Å². The third-order valence-corrected chi connectivity index (χ3v) is 15.2. The van der Waals surface area contributed by atoms with E-state index in [0.717, 1.165) is 67.0 Å². The van der Waals surface area contributed by atoms with E-state index >= 15 is 0 Å². The van der Waals surface area contributed by atoms with Gasteiger partial charge in [-0.2, -0.15) is 0 Å². The van der Waals surface area contributed by atoms with Gasteiger partial charge in [0.15, 0.2) is 17.5 Å².